The summed E-state index contributed by atoms with van der Waals surface area (Å²) in [6.07, 6.45) is 13.8. The molecular weight excluding hydrogens is 1300 g/mol. The Labute approximate surface area is 506 Å². The fourth-order valence-corrected chi connectivity index (χ4v) is 6.89. The Morgan fingerprint density at radius 2 is 1.00 bits per heavy atom. The van der Waals surface area contributed by atoms with E-state index in [-0.39, 0.29) is 39.3 Å². The van der Waals surface area contributed by atoms with Crippen LogP contribution in [0.25, 0.3) is 0 Å². The van der Waals surface area contributed by atoms with Gasteiger partial charge in [0.2, 0.25) is 21.4 Å². The minimum atomic E-state index is -1.51. The van der Waals surface area contributed by atoms with Gasteiger partial charge in [-0.05, 0) is 98.0 Å². The topological polar surface area (TPSA) is 150 Å². The fraction of sp³-hybridized carbons (Fsp3) is 0.356. The van der Waals surface area contributed by atoms with Gasteiger partial charge in [0.1, 0.15) is 5.69 Å². The Bertz CT molecular complexity index is 2310. The third kappa shape index (κ3) is 32.0. The molecule has 0 saturated carbocycles. The number of aromatic nitrogens is 5. The van der Waals surface area contributed by atoms with Gasteiger partial charge < -0.3 is 5.11 Å². The maximum atomic E-state index is 10.3. The van der Waals surface area contributed by atoms with Gasteiger partial charge in [0.15, 0.2) is 0 Å². The first-order chi connectivity index (χ1) is 32.9. The molecule has 4 unspecified atom stereocenters. The van der Waals surface area contributed by atoms with E-state index < -0.39 is 21.1 Å². The van der Waals surface area contributed by atoms with E-state index >= 15 is 0 Å². The van der Waals surface area contributed by atoms with Crippen molar-refractivity contribution >= 4 is 204 Å². The van der Waals surface area contributed by atoms with Crippen molar-refractivity contribution in [3.8, 4) is 6.19 Å². The summed E-state index contributed by atoms with van der Waals surface area (Å²) in [6, 6.07) is 17.5. The summed E-state index contributed by atoms with van der Waals surface area (Å²) in [5.74, 6) is -0.979. The molecule has 1 N–H and O–H groups in total. The molecule has 10 nitrogen and oxygen atoms in total. The Balaban J connectivity index is -0.000000810. The van der Waals surface area contributed by atoms with Crippen molar-refractivity contribution < 1.29 is 9.90 Å². The Kier molecular flexibility index (Phi) is 40.4. The van der Waals surface area contributed by atoms with Crippen LogP contribution in [0.3, 0.4) is 0 Å². The third-order valence-corrected chi connectivity index (χ3v) is 13.1. The quantitative estimate of drug-likeness (QED) is 0.0538. The first-order valence-electron chi connectivity index (χ1n) is 19.7. The number of carbonyl (C=O) groups is 1. The number of alkyl halides is 14. The molecule has 5 heterocycles. The van der Waals surface area contributed by atoms with Crippen molar-refractivity contribution in [2.24, 2.45) is 8.66 Å². The van der Waals surface area contributed by atoms with Gasteiger partial charge in [-0.2, -0.15) is 9.62 Å². The Morgan fingerprint density at radius 1 is 0.681 bits per heavy atom. The van der Waals surface area contributed by atoms with Gasteiger partial charge in [-0.15, -0.1) is 24.8 Å². The standard InChI is InChI=1S/C10H10Cl3N3S.C8H7BrCl3N.C8H7Cl4N.C8H8Cl3N.C8H9NO2.C2H4.CH4.BHNS/c1-7(17(2)16-6-14)8-3-4-9(15-5-8)10(11,12)13;2*1-5(9)6-2-3-7(13-4-6)8(10,11)12;1-2-6-3-4-7(12-5-6)8(9,10)11;1-2-6-3-4-7(8(10)11)9-5-6;1-2;;1-2-3/h3-5,7H,1-2H3;2*2-5H,1H3;3-5H,2H2,1H3;3-5H,2H2,1H3,(H,10,11);1-2H2;1H4;3H. The van der Waals surface area contributed by atoms with Gasteiger partial charge in [-0.1, -0.05) is 217 Å². The molecule has 72 heavy (non-hydrogen) atoms. The number of thiol groups is 1. The molecule has 1 radical (unpaired) electrons. The number of aromatic carboxylic acids is 1. The number of pyridine rings is 5. The molecule has 27 heteroatoms. The van der Waals surface area contributed by atoms with Crippen LogP contribution in [-0.4, -0.2) is 49.9 Å². The molecule has 0 aliphatic carbocycles. The van der Waals surface area contributed by atoms with Crippen LogP contribution in [0.1, 0.15) is 119 Å². The summed E-state index contributed by atoms with van der Waals surface area (Å²) in [5, 5.41) is 17.0. The summed E-state index contributed by atoms with van der Waals surface area (Å²) in [5.41, 5.74) is 6.89. The molecule has 0 saturated heterocycles. The zero-order chi connectivity index (χ0) is 55.3. The monoisotopic (exact) mass is 1340 g/mol. The predicted molar refractivity (Wildman–Crippen MR) is 320 cm³/mol. The summed E-state index contributed by atoms with van der Waals surface area (Å²) < 4.78 is 0.676. The maximum absolute atomic E-state index is 10.3. The van der Waals surface area contributed by atoms with E-state index in [1.165, 1.54) is 6.07 Å². The second kappa shape index (κ2) is 38.6. The van der Waals surface area contributed by atoms with Crippen LogP contribution in [0.5, 0.6) is 0 Å². The first-order valence-corrected chi connectivity index (χ1v) is 27.7. The van der Waals surface area contributed by atoms with E-state index in [0.717, 1.165) is 40.7 Å². The van der Waals surface area contributed by atoms with Gasteiger partial charge in [0, 0.05) is 41.1 Å². The number of aryl methyl sites for hydroxylation is 2. The SMILES string of the molecule is C.C=C.CC(Br)c1ccc(C(Cl)(Cl)Cl)nc1.CC(Cl)c1ccc(C(Cl)(Cl)Cl)nc1.CC(c1ccc(C(Cl)(Cl)Cl)nc1)S(C)=NC#N.CCc1ccc(C(=O)O)nc1.CCc1ccc(C(Cl)(Cl)Cl)nc1.[B]=NS. The van der Waals surface area contributed by atoms with Crippen LogP contribution in [0.2, 0.25) is 0 Å². The third-order valence-electron chi connectivity index (χ3n) is 8.29. The number of carboxylic acid groups (broad SMARTS) is 1. The minimum absolute atomic E-state index is 0. The van der Waals surface area contributed by atoms with Crippen molar-refractivity contribution in [1.82, 2.24) is 24.9 Å². The van der Waals surface area contributed by atoms with Crippen molar-refractivity contribution in [3.05, 3.63) is 161 Å². The van der Waals surface area contributed by atoms with E-state index in [2.05, 4.69) is 83.1 Å². The molecule has 0 fully saturated rings. The molecule has 395 valence electrons. The molecule has 0 amide bonds. The van der Waals surface area contributed by atoms with Gasteiger partial charge in [0.05, 0.1) is 28.2 Å². The molecule has 0 spiro atoms. The van der Waals surface area contributed by atoms with Gasteiger partial charge in [-0.25, -0.2) is 9.78 Å². The van der Waals surface area contributed by atoms with Crippen LogP contribution in [0, 0.1) is 11.5 Å². The fourth-order valence-electron chi connectivity index (χ4n) is 4.33. The predicted octanol–water partition coefficient (Wildman–Crippen LogP) is 18.9. The first kappa shape index (κ1) is 75.3. The summed E-state index contributed by atoms with van der Waals surface area (Å²) in [4.78, 5) is 30.5. The van der Waals surface area contributed by atoms with Gasteiger partial charge in [0.25, 0.3) is 0 Å². The molecular formula is C45H50BBrCl13N8O2S2. The van der Waals surface area contributed by atoms with Crippen LogP contribution in [-0.2, 0) is 38.7 Å². The normalized spacial score (nSPS) is 12.4. The van der Waals surface area contributed by atoms with Gasteiger partial charge >= 0.3 is 30.7 Å². The van der Waals surface area contributed by atoms with E-state index in [1.807, 2.05) is 65.3 Å². The van der Waals surface area contributed by atoms with Crippen LogP contribution >= 0.6 is 180 Å². The van der Waals surface area contributed by atoms with E-state index in [9.17, 15) is 4.79 Å². The molecule has 0 bridgehead atoms. The number of nitrogens with zero attached hydrogens (tertiary/aromatic N) is 8. The molecule has 5 aromatic heterocycles. The zero-order valence-electron chi connectivity index (χ0n) is 38.4. The molecule has 0 aromatic carbocycles. The average Bonchev–Trinajstić information content (AvgIpc) is 3.32. The van der Waals surface area contributed by atoms with E-state index in [0.29, 0.717) is 22.8 Å². The number of halogens is 14. The van der Waals surface area contributed by atoms with Crippen LogP contribution in [0.15, 0.2) is 113 Å². The molecule has 4 atom stereocenters. The van der Waals surface area contributed by atoms with E-state index in [4.69, 9.17) is 161 Å². The second-order valence-corrected chi connectivity index (χ2v) is 26.6. The summed E-state index contributed by atoms with van der Waals surface area (Å²) >= 11 is 80.3. The van der Waals surface area contributed by atoms with E-state index in [1.54, 1.807) is 67.4 Å². The number of hydrogen-bond acceptors (Lipinski definition) is 10. The summed E-state index contributed by atoms with van der Waals surface area (Å²) in [6.45, 7) is 15.9. The van der Waals surface area contributed by atoms with Crippen LogP contribution in [0.4, 0.5) is 0 Å². The Morgan fingerprint density at radius 3 is 1.24 bits per heavy atom. The molecule has 5 rings (SSSR count). The average molecular weight is 1350 g/mol. The zero-order valence-corrected chi connectivity index (χ0v) is 51.5. The summed E-state index contributed by atoms with van der Waals surface area (Å²) in [7, 11) is 3.97. The van der Waals surface area contributed by atoms with Crippen molar-refractivity contribution in [1.29, 1.82) is 5.26 Å². The molecule has 0 aliphatic rings. The molecule has 0 aliphatic heterocycles. The number of rotatable bonds is 7. The number of hydrogen-bond donors (Lipinski definition) is 2. The van der Waals surface area contributed by atoms with Crippen LogP contribution < -0.4 is 0 Å². The number of carboxylic acids is 1. The second-order valence-electron chi connectivity index (χ2n) is 13.2. The molecule has 5 aromatic rings. The van der Waals surface area contributed by atoms with Crippen molar-refractivity contribution in [3.63, 3.8) is 0 Å². The van der Waals surface area contributed by atoms with Gasteiger partial charge in [-0.3, -0.25) is 19.9 Å². The Hall–Kier alpha value is -0.935. The van der Waals surface area contributed by atoms with Crippen molar-refractivity contribution in [2.75, 3.05) is 6.26 Å². The number of nitriles is 1. The van der Waals surface area contributed by atoms with Crippen molar-refractivity contribution in [2.45, 2.75) is 85.5 Å².